The number of benzene rings is 2. The Morgan fingerprint density at radius 2 is 1.75 bits per heavy atom. The highest BCUT2D eigenvalue weighted by atomic mass is 16.6. The van der Waals surface area contributed by atoms with E-state index in [4.69, 9.17) is 9.47 Å². The summed E-state index contributed by atoms with van der Waals surface area (Å²) < 4.78 is 10.5. The van der Waals surface area contributed by atoms with E-state index >= 15 is 0 Å². The van der Waals surface area contributed by atoms with E-state index in [-0.39, 0.29) is 12.3 Å². The molecule has 1 fully saturated rings. The quantitative estimate of drug-likeness (QED) is 0.325. The number of rotatable bonds is 8. The van der Waals surface area contributed by atoms with Gasteiger partial charge in [-0.15, -0.1) is 0 Å². The molecule has 2 heterocycles. The lowest BCUT2D eigenvalue weighted by atomic mass is 9.94. The predicted octanol–water partition coefficient (Wildman–Crippen LogP) is 2.60. The lowest BCUT2D eigenvalue weighted by Crippen LogP contribution is -2.51. The van der Waals surface area contributed by atoms with Gasteiger partial charge in [0.25, 0.3) is 5.69 Å². The first-order valence-corrected chi connectivity index (χ1v) is 11.7. The highest BCUT2D eigenvalue weighted by Crippen LogP contribution is 2.30. The van der Waals surface area contributed by atoms with E-state index in [0.717, 1.165) is 37.6 Å². The van der Waals surface area contributed by atoms with Gasteiger partial charge in [0, 0.05) is 56.2 Å². The fourth-order valence-electron chi connectivity index (χ4n) is 4.41. The number of hydrogen-bond acceptors (Lipinski definition) is 8. The maximum Gasteiger partial charge on any atom is 0.338 e. The number of methoxy groups -OCH3 is 1. The molecule has 0 aliphatic carbocycles. The molecule has 1 atom stereocenters. The average molecular weight is 496 g/mol. The van der Waals surface area contributed by atoms with Crippen LogP contribution in [0.1, 0.15) is 18.5 Å². The van der Waals surface area contributed by atoms with E-state index in [9.17, 15) is 19.7 Å². The minimum Gasteiger partial charge on any atom is -0.497 e. The van der Waals surface area contributed by atoms with Crippen LogP contribution in [0.2, 0.25) is 0 Å². The molecule has 2 amide bonds. The SMILES string of the molecule is CCOC(=O)C1=C(CN2CCN(c3ccc(OC)cc3)CC2)NC(=O)N[C@H]1c1ccc([N+](=O)[O-])cc1. The van der Waals surface area contributed by atoms with Gasteiger partial charge in [0.2, 0.25) is 0 Å². The Hall–Kier alpha value is -4.12. The maximum absolute atomic E-state index is 13.0. The van der Waals surface area contributed by atoms with E-state index < -0.39 is 23.0 Å². The van der Waals surface area contributed by atoms with Crippen molar-refractivity contribution >= 4 is 23.4 Å². The van der Waals surface area contributed by atoms with Crippen LogP contribution in [0, 0.1) is 10.1 Å². The van der Waals surface area contributed by atoms with E-state index in [1.807, 2.05) is 24.3 Å². The van der Waals surface area contributed by atoms with Crippen molar-refractivity contribution in [2.45, 2.75) is 13.0 Å². The molecular weight excluding hydrogens is 466 g/mol. The van der Waals surface area contributed by atoms with Gasteiger partial charge in [-0.05, 0) is 48.9 Å². The molecule has 0 spiro atoms. The molecule has 0 saturated carbocycles. The molecule has 0 unspecified atom stereocenters. The number of nitro groups is 1. The lowest BCUT2D eigenvalue weighted by Gasteiger charge is -2.38. The van der Waals surface area contributed by atoms with Gasteiger partial charge in [-0.3, -0.25) is 15.0 Å². The van der Waals surface area contributed by atoms with Gasteiger partial charge in [0.15, 0.2) is 0 Å². The number of ether oxygens (including phenoxy) is 2. The Morgan fingerprint density at radius 3 is 2.33 bits per heavy atom. The normalized spacial score (nSPS) is 18.3. The molecule has 190 valence electrons. The Bertz CT molecular complexity index is 1140. The van der Waals surface area contributed by atoms with Crippen molar-refractivity contribution in [1.29, 1.82) is 0 Å². The molecule has 4 rings (SSSR count). The Kier molecular flexibility index (Phi) is 7.69. The summed E-state index contributed by atoms with van der Waals surface area (Å²) in [7, 11) is 1.64. The van der Waals surface area contributed by atoms with Crippen molar-refractivity contribution in [2.75, 3.05) is 51.3 Å². The van der Waals surface area contributed by atoms with E-state index in [0.29, 0.717) is 23.4 Å². The average Bonchev–Trinajstić information content (AvgIpc) is 2.89. The van der Waals surface area contributed by atoms with Crippen molar-refractivity contribution in [3.05, 3.63) is 75.5 Å². The fourth-order valence-corrected chi connectivity index (χ4v) is 4.41. The van der Waals surface area contributed by atoms with Gasteiger partial charge in [-0.1, -0.05) is 0 Å². The number of piperazine rings is 1. The third-order valence-corrected chi connectivity index (χ3v) is 6.28. The zero-order valence-corrected chi connectivity index (χ0v) is 20.2. The molecule has 11 heteroatoms. The van der Waals surface area contributed by atoms with Crippen LogP contribution in [0.15, 0.2) is 59.8 Å². The number of esters is 1. The second-order valence-corrected chi connectivity index (χ2v) is 8.45. The monoisotopic (exact) mass is 495 g/mol. The van der Waals surface area contributed by atoms with Crippen LogP contribution in [0.4, 0.5) is 16.2 Å². The first-order chi connectivity index (χ1) is 17.4. The predicted molar refractivity (Wildman–Crippen MR) is 133 cm³/mol. The number of carbonyl (C=O) groups excluding carboxylic acids is 2. The summed E-state index contributed by atoms with van der Waals surface area (Å²) in [4.78, 5) is 40.5. The topological polar surface area (TPSA) is 126 Å². The summed E-state index contributed by atoms with van der Waals surface area (Å²) in [5.74, 6) is 0.264. The summed E-state index contributed by atoms with van der Waals surface area (Å²) in [5.41, 5.74) is 2.35. The molecule has 2 N–H and O–H groups in total. The largest absolute Gasteiger partial charge is 0.497 e. The van der Waals surface area contributed by atoms with E-state index in [2.05, 4.69) is 20.4 Å². The lowest BCUT2D eigenvalue weighted by molar-refractivity contribution is -0.384. The number of nitrogens with zero attached hydrogens (tertiary/aromatic N) is 3. The summed E-state index contributed by atoms with van der Waals surface area (Å²) in [6.45, 7) is 5.29. The van der Waals surface area contributed by atoms with Crippen LogP contribution in [0.25, 0.3) is 0 Å². The van der Waals surface area contributed by atoms with Gasteiger partial charge >= 0.3 is 12.0 Å². The van der Waals surface area contributed by atoms with Gasteiger partial charge < -0.3 is 25.0 Å². The number of urea groups is 1. The molecule has 2 aromatic rings. The van der Waals surface area contributed by atoms with Crippen LogP contribution < -0.4 is 20.3 Å². The molecule has 2 aliphatic heterocycles. The Morgan fingerprint density at radius 1 is 1.08 bits per heavy atom. The Labute approximate surface area is 208 Å². The van der Waals surface area contributed by atoms with Crippen LogP contribution in [0.5, 0.6) is 5.75 Å². The number of carbonyl (C=O) groups is 2. The first-order valence-electron chi connectivity index (χ1n) is 11.7. The van der Waals surface area contributed by atoms with Crippen molar-refractivity contribution in [2.24, 2.45) is 0 Å². The standard InChI is InChI=1S/C25H29N5O6/c1-3-36-24(31)22-21(26-25(32)27-23(22)17-4-6-19(7-5-17)30(33)34)16-28-12-14-29(15-13-28)18-8-10-20(35-2)11-9-18/h4-11,23H,3,12-16H2,1-2H3,(H2,26,27,32)/t23-/m0/s1. The summed E-state index contributed by atoms with van der Waals surface area (Å²) in [5, 5.41) is 16.6. The van der Waals surface area contributed by atoms with Crippen molar-refractivity contribution in [3.63, 3.8) is 0 Å². The van der Waals surface area contributed by atoms with Gasteiger partial charge in [-0.25, -0.2) is 9.59 Å². The number of nitro benzene ring substituents is 1. The zero-order chi connectivity index (χ0) is 25.7. The fraction of sp³-hybridized carbons (Fsp3) is 0.360. The molecular formula is C25H29N5O6. The molecule has 1 saturated heterocycles. The van der Waals surface area contributed by atoms with Gasteiger partial charge in [0.05, 0.1) is 30.3 Å². The molecule has 0 aromatic heterocycles. The third kappa shape index (κ3) is 5.57. The zero-order valence-electron chi connectivity index (χ0n) is 20.2. The highest BCUT2D eigenvalue weighted by Gasteiger charge is 2.35. The van der Waals surface area contributed by atoms with Gasteiger partial charge in [-0.2, -0.15) is 0 Å². The molecule has 2 aliphatic rings. The molecule has 0 bridgehead atoms. The minimum atomic E-state index is -0.783. The van der Waals surface area contributed by atoms with Crippen LogP contribution in [-0.4, -0.2) is 68.3 Å². The van der Waals surface area contributed by atoms with E-state index in [1.54, 1.807) is 26.2 Å². The molecule has 11 nitrogen and oxygen atoms in total. The highest BCUT2D eigenvalue weighted by molar-refractivity contribution is 5.95. The molecule has 2 aromatic carbocycles. The minimum absolute atomic E-state index is 0.0735. The second kappa shape index (κ2) is 11.1. The maximum atomic E-state index is 13.0. The van der Waals surface area contributed by atoms with Crippen LogP contribution in [0.3, 0.4) is 0 Å². The number of nitrogens with one attached hydrogen (secondary N) is 2. The summed E-state index contributed by atoms with van der Waals surface area (Å²) in [6, 6.07) is 12.5. The van der Waals surface area contributed by atoms with Crippen molar-refractivity contribution in [3.8, 4) is 5.75 Å². The van der Waals surface area contributed by atoms with Crippen LogP contribution in [-0.2, 0) is 9.53 Å². The summed E-state index contributed by atoms with van der Waals surface area (Å²) in [6.07, 6.45) is 0. The second-order valence-electron chi connectivity index (χ2n) is 8.45. The first kappa shape index (κ1) is 25.0. The van der Waals surface area contributed by atoms with E-state index in [1.165, 1.54) is 12.1 Å². The van der Waals surface area contributed by atoms with Crippen molar-refractivity contribution in [1.82, 2.24) is 15.5 Å². The Balaban J connectivity index is 1.54. The number of hydrogen-bond donors (Lipinski definition) is 2. The number of amides is 2. The molecule has 36 heavy (non-hydrogen) atoms. The van der Waals surface area contributed by atoms with Crippen molar-refractivity contribution < 1.29 is 24.0 Å². The number of non-ortho nitro benzene ring substituents is 1. The third-order valence-electron chi connectivity index (χ3n) is 6.28. The van der Waals surface area contributed by atoms with Crippen LogP contribution >= 0.6 is 0 Å². The smallest absolute Gasteiger partial charge is 0.338 e. The number of anilines is 1. The molecule has 0 radical (unpaired) electrons. The summed E-state index contributed by atoms with van der Waals surface area (Å²) >= 11 is 0. The van der Waals surface area contributed by atoms with Gasteiger partial charge in [0.1, 0.15) is 5.75 Å².